The molecule has 19 heavy (non-hydrogen) atoms. The third kappa shape index (κ3) is 2.84. The van der Waals surface area contributed by atoms with E-state index in [9.17, 15) is 0 Å². The minimum Gasteiger partial charge on any atom is -0.366 e. The Balaban J connectivity index is 1.72. The van der Waals surface area contributed by atoms with Crippen LogP contribution >= 0.6 is 11.6 Å². The number of hydrogen-bond acceptors (Lipinski definition) is 4. The van der Waals surface area contributed by atoms with Crippen molar-refractivity contribution in [3.63, 3.8) is 0 Å². The average Bonchev–Trinajstić information content (AvgIpc) is 2.94. The summed E-state index contributed by atoms with van der Waals surface area (Å²) in [6, 6.07) is 3.05. The Morgan fingerprint density at radius 2 is 2.26 bits per heavy atom. The largest absolute Gasteiger partial charge is 0.366 e. The van der Waals surface area contributed by atoms with E-state index in [-0.39, 0.29) is 0 Å². The summed E-state index contributed by atoms with van der Waals surface area (Å²) in [7, 11) is 0. The Kier molecular flexibility index (Phi) is 3.89. The molecule has 0 amide bonds. The molecule has 2 fully saturated rings. The first kappa shape index (κ1) is 13.1. The first-order chi connectivity index (χ1) is 9.26. The lowest BCUT2D eigenvalue weighted by Crippen LogP contribution is -2.34. The zero-order valence-electron chi connectivity index (χ0n) is 11.4. The number of rotatable bonds is 4. The molecule has 0 bridgehead atoms. The molecule has 0 spiro atoms. The van der Waals surface area contributed by atoms with Crippen molar-refractivity contribution in [2.75, 3.05) is 18.4 Å². The van der Waals surface area contributed by atoms with Gasteiger partial charge in [0.1, 0.15) is 16.8 Å². The van der Waals surface area contributed by atoms with Gasteiger partial charge in [0.2, 0.25) is 0 Å². The highest BCUT2D eigenvalue weighted by Crippen LogP contribution is 2.30. The van der Waals surface area contributed by atoms with Gasteiger partial charge < -0.3 is 5.32 Å². The number of anilines is 1. The predicted molar refractivity (Wildman–Crippen MR) is 77.7 cm³/mol. The zero-order valence-corrected chi connectivity index (χ0v) is 12.2. The summed E-state index contributed by atoms with van der Waals surface area (Å²) in [5, 5.41) is 4.12. The molecule has 0 aromatic carbocycles. The average molecular weight is 281 g/mol. The molecule has 1 aromatic rings. The molecule has 4 nitrogen and oxygen atoms in total. The third-order valence-corrected chi connectivity index (χ3v) is 4.35. The Morgan fingerprint density at radius 3 is 3.11 bits per heavy atom. The highest BCUT2D eigenvalue weighted by molar-refractivity contribution is 6.29. The number of aryl methyl sites for hydroxylation is 1. The maximum Gasteiger partial charge on any atom is 0.134 e. The number of aromatic nitrogens is 2. The van der Waals surface area contributed by atoms with Crippen LogP contribution < -0.4 is 5.32 Å². The van der Waals surface area contributed by atoms with E-state index < -0.39 is 0 Å². The monoisotopic (exact) mass is 280 g/mol. The second-order valence-corrected chi connectivity index (χ2v) is 5.91. The fourth-order valence-electron chi connectivity index (χ4n) is 3.31. The number of hydrogen-bond donors (Lipinski definition) is 1. The summed E-state index contributed by atoms with van der Waals surface area (Å²) < 4.78 is 0. The molecule has 104 valence electrons. The number of halogens is 1. The van der Waals surface area contributed by atoms with Crippen LogP contribution in [0.3, 0.4) is 0 Å². The van der Waals surface area contributed by atoms with E-state index in [1.807, 2.05) is 6.07 Å². The maximum absolute atomic E-state index is 6.08. The smallest absolute Gasteiger partial charge is 0.134 e. The van der Waals surface area contributed by atoms with Crippen LogP contribution in [0, 0.1) is 0 Å². The Morgan fingerprint density at radius 1 is 1.37 bits per heavy atom. The molecule has 2 unspecified atom stereocenters. The highest BCUT2D eigenvalue weighted by atomic mass is 35.5. The van der Waals surface area contributed by atoms with Crippen LogP contribution in [0.2, 0.25) is 5.15 Å². The van der Waals surface area contributed by atoms with E-state index in [0.717, 1.165) is 24.5 Å². The summed E-state index contributed by atoms with van der Waals surface area (Å²) in [6.45, 7) is 4.60. The lowest BCUT2D eigenvalue weighted by molar-refractivity contribution is 0.318. The normalized spacial score (nSPS) is 26.6. The van der Waals surface area contributed by atoms with E-state index in [1.54, 1.807) is 0 Å². The van der Waals surface area contributed by atoms with Crippen LogP contribution in [0.15, 0.2) is 6.07 Å². The van der Waals surface area contributed by atoms with Gasteiger partial charge in [-0.25, -0.2) is 9.97 Å². The van der Waals surface area contributed by atoms with Gasteiger partial charge in [0.15, 0.2) is 0 Å². The fraction of sp³-hybridized carbons (Fsp3) is 0.714. The Labute approximate surface area is 119 Å². The van der Waals surface area contributed by atoms with E-state index in [0.29, 0.717) is 17.2 Å². The molecular formula is C14H21ClN4. The summed E-state index contributed by atoms with van der Waals surface area (Å²) in [6.07, 6.45) is 5.76. The summed E-state index contributed by atoms with van der Waals surface area (Å²) in [5.41, 5.74) is 0. The molecule has 0 saturated carbocycles. The molecule has 2 atom stereocenters. The quantitative estimate of drug-likeness (QED) is 0.861. The lowest BCUT2D eigenvalue weighted by Gasteiger charge is -2.21. The van der Waals surface area contributed by atoms with E-state index >= 15 is 0 Å². The van der Waals surface area contributed by atoms with Crippen LogP contribution in [0.1, 0.15) is 38.4 Å². The Hall–Kier alpha value is -0.870. The maximum atomic E-state index is 6.08. The van der Waals surface area contributed by atoms with Gasteiger partial charge in [-0.15, -0.1) is 0 Å². The molecule has 5 heteroatoms. The lowest BCUT2D eigenvalue weighted by atomic mass is 10.1. The zero-order chi connectivity index (χ0) is 13.2. The van der Waals surface area contributed by atoms with E-state index in [2.05, 4.69) is 27.1 Å². The van der Waals surface area contributed by atoms with Gasteiger partial charge in [-0.2, -0.15) is 0 Å². The van der Waals surface area contributed by atoms with Crippen LogP contribution in [0.5, 0.6) is 0 Å². The van der Waals surface area contributed by atoms with Gasteiger partial charge in [-0.05, 0) is 32.2 Å². The minimum atomic E-state index is 0.517. The van der Waals surface area contributed by atoms with Crippen molar-refractivity contribution >= 4 is 17.4 Å². The molecular weight excluding hydrogens is 260 g/mol. The highest BCUT2D eigenvalue weighted by Gasteiger charge is 2.37. The third-order valence-electron chi connectivity index (χ3n) is 4.15. The van der Waals surface area contributed by atoms with Gasteiger partial charge in [-0.1, -0.05) is 18.5 Å². The standard InChI is InChI=1S/C14H21ClN4/c1-2-4-13-17-12(15)9-14(18-13)16-10-6-8-19-7-3-5-11(10)19/h9-11H,2-8H2,1H3,(H,16,17,18). The molecule has 2 aliphatic rings. The Bertz CT molecular complexity index is 451. The van der Waals surface area contributed by atoms with Gasteiger partial charge in [0.25, 0.3) is 0 Å². The first-order valence-electron chi connectivity index (χ1n) is 7.30. The number of nitrogens with one attached hydrogen (secondary N) is 1. The van der Waals surface area contributed by atoms with Crippen molar-refractivity contribution < 1.29 is 0 Å². The van der Waals surface area contributed by atoms with Crippen LogP contribution in [-0.2, 0) is 6.42 Å². The van der Waals surface area contributed by atoms with Crippen molar-refractivity contribution in [3.8, 4) is 0 Å². The fourth-order valence-corrected chi connectivity index (χ4v) is 3.52. The minimum absolute atomic E-state index is 0.517. The van der Waals surface area contributed by atoms with E-state index in [1.165, 1.54) is 32.4 Å². The van der Waals surface area contributed by atoms with Crippen molar-refractivity contribution in [2.45, 2.75) is 51.1 Å². The summed E-state index contributed by atoms with van der Waals surface area (Å²) in [5.74, 6) is 1.74. The van der Waals surface area contributed by atoms with Crippen LogP contribution in [0.4, 0.5) is 5.82 Å². The van der Waals surface area contributed by atoms with Gasteiger partial charge in [0, 0.05) is 31.1 Å². The van der Waals surface area contributed by atoms with Gasteiger partial charge in [-0.3, -0.25) is 4.90 Å². The molecule has 3 heterocycles. The number of fused-ring (bicyclic) bond motifs is 1. The summed E-state index contributed by atoms with van der Waals surface area (Å²) in [4.78, 5) is 11.4. The first-order valence-corrected chi connectivity index (χ1v) is 7.68. The second kappa shape index (κ2) is 5.63. The predicted octanol–water partition coefficient (Wildman–Crippen LogP) is 2.73. The van der Waals surface area contributed by atoms with Crippen molar-refractivity contribution in [2.24, 2.45) is 0 Å². The van der Waals surface area contributed by atoms with Gasteiger partial charge in [0.05, 0.1) is 0 Å². The molecule has 2 aliphatic heterocycles. The topological polar surface area (TPSA) is 41.1 Å². The SMILES string of the molecule is CCCc1nc(Cl)cc(NC2CCN3CCCC23)n1. The van der Waals surface area contributed by atoms with Crippen LogP contribution in [0.25, 0.3) is 0 Å². The molecule has 1 N–H and O–H groups in total. The summed E-state index contributed by atoms with van der Waals surface area (Å²) >= 11 is 6.08. The van der Waals surface area contributed by atoms with Crippen molar-refractivity contribution in [3.05, 3.63) is 17.0 Å². The molecule has 2 saturated heterocycles. The molecule has 1 aromatic heterocycles. The molecule has 0 radical (unpaired) electrons. The number of nitrogens with zero attached hydrogens (tertiary/aromatic N) is 3. The second-order valence-electron chi connectivity index (χ2n) is 5.53. The van der Waals surface area contributed by atoms with Gasteiger partial charge >= 0.3 is 0 Å². The molecule has 3 rings (SSSR count). The molecule has 0 aliphatic carbocycles. The van der Waals surface area contributed by atoms with Crippen molar-refractivity contribution in [1.29, 1.82) is 0 Å². The van der Waals surface area contributed by atoms with E-state index in [4.69, 9.17) is 11.6 Å². The van der Waals surface area contributed by atoms with Crippen LogP contribution in [-0.4, -0.2) is 40.0 Å². The van der Waals surface area contributed by atoms with Crippen molar-refractivity contribution in [1.82, 2.24) is 14.9 Å².